The second-order valence-electron chi connectivity index (χ2n) is 5.94. The smallest absolute Gasteiger partial charge is 0.122 e. The van der Waals surface area contributed by atoms with Crippen LogP contribution < -0.4 is 0 Å². The summed E-state index contributed by atoms with van der Waals surface area (Å²) in [4.78, 5) is 0. The minimum atomic E-state index is 0.255. The van der Waals surface area contributed by atoms with Crippen LogP contribution in [0.2, 0.25) is 10.0 Å². The minimum Gasteiger partial charge on any atom is -0.507 e. The van der Waals surface area contributed by atoms with E-state index in [-0.39, 0.29) is 11.8 Å². The third kappa shape index (κ3) is 3.36. The highest BCUT2D eigenvalue weighted by Crippen LogP contribution is 2.38. The van der Waals surface area contributed by atoms with E-state index in [4.69, 9.17) is 23.2 Å². The summed E-state index contributed by atoms with van der Waals surface area (Å²) < 4.78 is 0. The Labute approximate surface area is 136 Å². The lowest BCUT2D eigenvalue weighted by atomic mass is 9.89. The Hall–Kier alpha value is -1.18. The van der Waals surface area contributed by atoms with Crippen LogP contribution in [0.3, 0.4) is 0 Å². The van der Waals surface area contributed by atoms with Crippen LogP contribution >= 0.6 is 23.2 Å². The fourth-order valence-electron chi connectivity index (χ4n) is 2.40. The first-order valence-corrected chi connectivity index (χ1v) is 7.89. The van der Waals surface area contributed by atoms with Gasteiger partial charge in [0.1, 0.15) is 5.75 Å². The number of benzene rings is 2. The lowest BCUT2D eigenvalue weighted by molar-refractivity contribution is 0.454. The molecule has 0 heterocycles. The van der Waals surface area contributed by atoms with Gasteiger partial charge < -0.3 is 5.11 Å². The van der Waals surface area contributed by atoms with Crippen molar-refractivity contribution in [3.05, 3.63) is 51.5 Å². The second kappa shape index (κ2) is 6.29. The number of aromatic hydroxyl groups is 1. The van der Waals surface area contributed by atoms with E-state index >= 15 is 0 Å². The Balaban J connectivity index is 2.65. The van der Waals surface area contributed by atoms with Gasteiger partial charge in [0.2, 0.25) is 0 Å². The van der Waals surface area contributed by atoms with Gasteiger partial charge in [-0.25, -0.2) is 0 Å². The van der Waals surface area contributed by atoms with Crippen molar-refractivity contribution >= 4 is 23.2 Å². The molecule has 0 atom stereocenters. The number of phenolic OH excluding ortho intramolecular Hbond substituents is 1. The van der Waals surface area contributed by atoms with E-state index in [0.29, 0.717) is 15.8 Å². The Bertz CT molecular complexity index is 631. The summed E-state index contributed by atoms with van der Waals surface area (Å²) >= 11 is 12.1. The molecule has 0 aliphatic heterocycles. The predicted molar refractivity (Wildman–Crippen MR) is 91.7 cm³/mol. The van der Waals surface area contributed by atoms with Crippen LogP contribution in [0.5, 0.6) is 5.75 Å². The molecule has 0 spiro atoms. The van der Waals surface area contributed by atoms with E-state index in [1.807, 2.05) is 24.3 Å². The highest BCUT2D eigenvalue weighted by atomic mass is 35.5. The van der Waals surface area contributed by atoms with Crippen molar-refractivity contribution in [1.82, 2.24) is 0 Å². The summed E-state index contributed by atoms with van der Waals surface area (Å²) in [5.74, 6) is 0.916. The molecule has 2 rings (SSSR count). The quantitative estimate of drug-likeness (QED) is 0.673. The third-order valence-corrected chi connectivity index (χ3v) is 4.40. The van der Waals surface area contributed by atoms with Crippen LogP contribution in [0.4, 0.5) is 0 Å². The molecule has 0 saturated heterocycles. The first-order valence-electron chi connectivity index (χ1n) is 7.13. The van der Waals surface area contributed by atoms with Crippen LogP contribution in [0, 0.1) is 0 Å². The van der Waals surface area contributed by atoms with E-state index in [2.05, 4.69) is 27.7 Å². The number of halogens is 2. The lowest BCUT2D eigenvalue weighted by Gasteiger charge is -2.18. The largest absolute Gasteiger partial charge is 0.507 e. The minimum absolute atomic E-state index is 0.255. The van der Waals surface area contributed by atoms with E-state index in [9.17, 15) is 5.11 Å². The molecule has 0 unspecified atom stereocenters. The average Bonchev–Trinajstić information content (AvgIpc) is 2.41. The molecule has 112 valence electrons. The van der Waals surface area contributed by atoms with Gasteiger partial charge >= 0.3 is 0 Å². The van der Waals surface area contributed by atoms with Crippen LogP contribution in [0.1, 0.15) is 50.7 Å². The molecule has 0 aliphatic rings. The maximum atomic E-state index is 10.5. The predicted octanol–water partition coefficient (Wildman–Crippen LogP) is 6.61. The third-order valence-electron chi connectivity index (χ3n) is 3.67. The van der Waals surface area contributed by atoms with E-state index in [1.54, 1.807) is 6.07 Å². The Morgan fingerprint density at radius 3 is 1.71 bits per heavy atom. The van der Waals surface area contributed by atoms with Gasteiger partial charge in [0.25, 0.3) is 0 Å². The molecule has 0 aromatic heterocycles. The van der Waals surface area contributed by atoms with Gasteiger partial charge in [-0.2, -0.15) is 0 Å². The molecule has 2 aromatic carbocycles. The summed E-state index contributed by atoms with van der Waals surface area (Å²) in [7, 11) is 0. The van der Waals surface area contributed by atoms with Gasteiger partial charge in [0.15, 0.2) is 0 Å². The van der Waals surface area contributed by atoms with Gasteiger partial charge in [-0.15, -0.1) is 0 Å². The van der Waals surface area contributed by atoms with Crippen LogP contribution in [0.15, 0.2) is 30.3 Å². The number of rotatable bonds is 3. The van der Waals surface area contributed by atoms with Crippen LogP contribution in [-0.4, -0.2) is 5.11 Å². The van der Waals surface area contributed by atoms with Crippen molar-refractivity contribution in [3.63, 3.8) is 0 Å². The molecule has 1 nitrogen and oxygen atoms in total. The molecular formula is C18H20Cl2O. The van der Waals surface area contributed by atoms with E-state index in [0.717, 1.165) is 22.3 Å². The SMILES string of the molecule is CC(C)c1cc(-c2ccc(Cl)c(Cl)c2)cc(C(C)C)c1O. The van der Waals surface area contributed by atoms with E-state index < -0.39 is 0 Å². The summed E-state index contributed by atoms with van der Waals surface area (Å²) in [6.07, 6.45) is 0. The summed E-state index contributed by atoms with van der Waals surface area (Å²) in [6.45, 7) is 8.32. The maximum absolute atomic E-state index is 10.5. The molecule has 3 heteroatoms. The first kappa shape index (κ1) is 16.2. The molecule has 1 N–H and O–H groups in total. The molecule has 0 saturated carbocycles. The molecule has 21 heavy (non-hydrogen) atoms. The van der Waals surface area contributed by atoms with Crippen molar-refractivity contribution < 1.29 is 5.11 Å². The van der Waals surface area contributed by atoms with Crippen LogP contribution in [-0.2, 0) is 0 Å². The first-order chi connectivity index (χ1) is 9.81. The Morgan fingerprint density at radius 1 is 0.762 bits per heavy atom. The zero-order chi connectivity index (χ0) is 15.7. The van der Waals surface area contributed by atoms with Gasteiger partial charge in [0.05, 0.1) is 10.0 Å². The summed E-state index contributed by atoms with van der Waals surface area (Å²) in [5.41, 5.74) is 3.98. The molecular weight excluding hydrogens is 303 g/mol. The van der Waals surface area contributed by atoms with Gasteiger partial charge in [0, 0.05) is 0 Å². The highest BCUT2D eigenvalue weighted by Gasteiger charge is 2.16. The number of hydrogen-bond donors (Lipinski definition) is 1. The molecule has 2 aromatic rings. The average molecular weight is 323 g/mol. The summed E-state index contributed by atoms with van der Waals surface area (Å²) in [6, 6.07) is 9.69. The second-order valence-corrected chi connectivity index (χ2v) is 6.76. The fourth-order valence-corrected chi connectivity index (χ4v) is 2.70. The van der Waals surface area contributed by atoms with Crippen molar-refractivity contribution in [3.8, 4) is 16.9 Å². The van der Waals surface area contributed by atoms with Crippen molar-refractivity contribution in [1.29, 1.82) is 0 Å². The number of phenols is 1. The molecule has 0 aliphatic carbocycles. The van der Waals surface area contributed by atoms with Gasteiger partial charge in [-0.1, -0.05) is 57.0 Å². The normalized spacial score (nSPS) is 11.4. The zero-order valence-corrected chi connectivity index (χ0v) is 14.3. The van der Waals surface area contributed by atoms with Crippen molar-refractivity contribution in [2.45, 2.75) is 39.5 Å². The lowest BCUT2D eigenvalue weighted by Crippen LogP contribution is -1.97. The molecule has 0 fully saturated rings. The van der Waals surface area contributed by atoms with Gasteiger partial charge in [-0.05, 0) is 58.4 Å². The Kier molecular flexibility index (Phi) is 4.85. The van der Waals surface area contributed by atoms with Crippen molar-refractivity contribution in [2.75, 3.05) is 0 Å². The molecule has 0 amide bonds. The number of hydrogen-bond acceptors (Lipinski definition) is 1. The molecule has 0 radical (unpaired) electrons. The van der Waals surface area contributed by atoms with Crippen LogP contribution in [0.25, 0.3) is 11.1 Å². The van der Waals surface area contributed by atoms with E-state index in [1.165, 1.54) is 0 Å². The Morgan fingerprint density at radius 2 is 1.29 bits per heavy atom. The monoisotopic (exact) mass is 322 g/mol. The summed E-state index contributed by atoms with van der Waals surface area (Å²) in [5, 5.41) is 11.5. The molecule has 0 bridgehead atoms. The standard InChI is InChI=1S/C18H20Cl2O/c1-10(2)14-7-13(8-15(11(3)4)18(14)21)12-5-6-16(19)17(20)9-12/h5-11,21H,1-4H3. The van der Waals surface area contributed by atoms with Crippen molar-refractivity contribution in [2.24, 2.45) is 0 Å². The maximum Gasteiger partial charge on any atom is 0.122 e. The fraction of sp³-hybridized carbons (Fsp3) is 0.333. The van der Waals surface area contributed by atoms with Gasteiger partial charge in [-0.3, -0.25) is 0 Å². The zero-order valence-electron chi connectivity index (χ0n) is 12.7. The topological polar surface area (TPSA) is 20.2 Å². The highest BCUT2D eigenvalue weighted by molar-refractivity contribution is 6.42.